The Hall–Kier alpha value is -2.17. The van der Waals surface area contributed by atoms with Gasteiger partial charge in [0.1, 0.15) is 0 Å². The number of hydrogen-bond acceptors (Lipinski definition) is 3. The lowest BCUT2D eigenvalue weighted by Gasteiger charge is -2.31. The summed E-state index contributed by atoms with van der Waals surface area (Å²) < 4.78 is 0. The van der Waals surface area contributed by atoms with Gasteiger partial charge in [-0.2, -0.15) is 0 Å². The molecule has 27 heavy (non-hydrogen) atoms. The van der Waals surface area contributed by atoms with E-state index in [0.717, 1.165) is 42.4 Å². The topological polar surface area (TPSA) is 60.8 Å². The fraction of sp³-hybridized carbons (Fsp3) is 0.435. The van der Waals surface area contributed by atoms with Gasteiger partial charge < -0.3 is 15.1 Å². The van der Waals surface area contributed by atoms with Gasteiger partial charge >= 0.3 is 0 Å². The molecule has 1 saturated carbocycles. The van der Waals surface area contributed by atoms with E-state index in [1.54, 1.807) is 11.8 Å². The molecule has 0 radical (unpaired) electrons. The normalized spacial score (nSPS) is 16.9. The number of carbonyl (C=O) groups excluding carboxylic acids is 1. The SMILES string of the molecule is CC(O)c1ccc(-c2ccc(C(=O)N(C)CC3(CO)CCCC3)cc2)cc1. The van der Waals surface area contributed by atoms with Crippen LogP contribution in [0.1, 0.15) is 54.6 Å². The predicted molar refractivity (Wildman–Crippen MR) is 107 cm³/mol. The molecule has 1 amide bonds. The van der Waals surface area contributed by atoms with Gasteiger partial charge in [-0.15, -0.1) is 0 Å². The second kappa shape index (κ2) is 8.24. The van der Waals surface area contributed by atoms with Crippen molar-refractivity contribution in [2.75, 3.05) is 20.2 Å². The molecular formula is C23H29NO3. The summed E-state index contributed by atoms with van der Waals surface area (Å²) in [6, 6.07) is 15.4. The van der Waals surface area contributed by atoms with Crippen molar-refractivity contribution in [3.05, 3.63) is 59.7 Å². The highest BCUT2D eigenvalue weighted by Gasteiger charge is 2.35. The lowest BCUT2D eigenvalue weighted by molar-refractivity contribution is 0.0595. The molecule has 1 unspecified atom stereocenters. The Morgan fingerprint density at radius 3 is 2.04 bits per heavy atom. The van der Waals surface area contributed by atoms with Crippen molar-refractivity contribution in [1.82, 2.24) is 4.90 Å². The summed E-state index contributed by atoms with van der Waals surface area (Å²) in [6.45, 7) is 2.50. The van der Waals surface area contributed by atoms with E-state index in [0.29, 0.717) is 12.1 Å². The molecule has 4 nitrogen and oxygen atoms in total. The first-order chi connectivity index (χ1) is 12.9. The summed E-state index contributed by atoms with van der Waals surface area (Å²) in [5.41, 5.74) is 3.51. The summed E-state index contributed by atoms with van der Waals surface area (Å²) in [4.78, 5) is 14.5. The van der Waals surface area contributed by atoms with Crippen LogP contribution in [0.25, 0.3) is 11.1 Å². The van der Waals surface area contributed by atoms with Crippen LogP contribution in [0.2, 0.25) is 0 Å². The Bertz CT molecular complexity index is 759. The van der Waals surface area contributed by atoms with Gasteiger partial charge in [-0.05, 0) is 48.6 Å². The molecule has 0 heterocycles. The number of hydrogen-bond donors (Lipinski definition) is 2. The van der Waals surface area contributed by atoms with Crippen molar-refractivity contribution in [3.63, 3.8) is 0 Å². The first kappa shape index (κ1) is 19.6. The van der Waals surface area contributed by atoms with Crippen LogP contribution in [-0.2, 0) is 0 Å². The van der Waals surface area contributed by atoms with Crippen molar-refractivity contribution in [1.29, 1.82) is 0 Å². The Morgan fingerprint density at radius 1 is 1.04 bits per heavy atom. The zero-order valence-corrected chi connectivity index (χ0v) is 16.2. The lowest BCUT2D eigenvalue weighted by atomic mass is 9.86. The minimum Gasteiger partial charge on any atom is -0.396 e. The van der Waals surface area contributed by atoms with Crippen LogP contribution in [0.3, 0.4) is 0 Å². The molecule has 1 atom stereocenters. The average Bonchev–Trinajstić information content (AvgIpc) is 3.16. The van der Waals surface area contributed by atoms with Gasteiger partial charge in [-0.25, -0.2) is 0 Å². The molecule has 144 valence electrons. The summed E-state index contributed by atoms with van der Waals surface area (Å²) in [7, 11) is 1.82. The summed E-state index contributed by atoms with van der Waals surface area (Å²) >= 11 is 0. The Morgan fingerprint density at radius 2 is 1.56 bits per heavy atom. The smallest absolute Gasteiger partial charge is 0.253 e. The number of rotatable bonds is 6. The average molecular weight is 367 g/mol. The minimum atomic E-state index is -0.475. The molecule has 0 saturated heterocycles. The van der Waals surface area contributed by atoms with Gasteiger partial charge in [0.2, 0.25) is 0 Å². The Balaban J connectivity index is 1.69. The minimum absolute atomic E-state index is 0.00858. The zero-order chi connectivity index (χ0) is 19.4. The molecule has 2 N–H and O–H groups in total. The Labute approximate surface area is 161 Å². The molecule has 1 aliphatic carbocycles. The van der Waals surface area contributed by atoms with E-state index in [1.165, 1.54) is 0 Å². The highest BCUT2D eigenvalue weighted by Crippen LogP contribution is 2.38. The van der Waals surface area contributed by atoms with E-state index in [9.17, 15) is 15.0 Å². The highest BCUT2D eigenvalue weighted by molar-refractivity contribution is 5.94. The van der Waals surface area contributed by atoms with Crippen LogP contribution >= 0.6 is 0 Å². The Kier molecular flexibility index (Phi) is 5.98. The van der Waals surface area contributed by atoms with Crippen LogP contribution < -0.4 is 0 Å². The number of aliphatic hydroxyl groups is 2. The molecule has 1 aliphatic rings. The fourth-order valence-electron chi connectivity index (χ4n) is 4.05. The van der Waals surface area contributed by atoms with Gasteiger partial charge in [0.25, 0.3) is 5.91 Å². The van der Waals surface area contributed by atoms with Gasteiger partial charge in [0.05, 0.1) is 12.7 Å². The fourth-order valence-corrected chi connectivity index (χ4v) is 4.05. The molecule has 4 heteroatoms. The van der Waals surface area contributed by atoms with Gasteiger partial charge in [-0.1, -0.05) is 49.2 Å². The third kappa shape index (κ3) is 4.40. The van der Waals surface area contributed by atoms with Gasteiger partial charge in [0.15, 0.2) is 0 Å². The summed E-state index contributed by atoms with van der Waals surface area (Å²) in [5, 5.41) is 19.4. The number of amides is 1. The van der Waals surface area contributed by atoms with E-state index in [1.807, 2.05) is 55.6 Å². The first-order valence-electron chi connectivity index (χ1n) is 9.69. The van der Waals surface area contributed by atoms with Crippen molar-refractivity contribution in [2.45, 2.75) is 38.7 Å². The van der Waals surface area contributed by atoms with Crippen LogP contribution in [0, 0.1) is 5.41 Å². The van der Waals surface area contributed by atoms with E-state index >= 15 is 0 Å². The number of nitrogens with zero attached hydrogens (tertiary/aromatic N) is 1. The largest absolute Gasteiger partial charge is 0.396 e. The van der Waals surface area contributed by atoms with Crippen LogP contribution in [0.15, 0.2) is 48.5 Å². The van der Waals surface area contributed by atoms with E-state index < -0.39 is 6.10 Å². The van der Waals surface area contributed by atoms with Crippen LogP contribution in [0.4, 0.5) is 0 Å². The molecule has 0 aromatic heterocycles. The molecule has 1 fully saturated rings. The van der Waals surface area contributed by atoms with Crippen molar-refractivity contribution in [3.8, 4) is 11.1 Å². The van der Waals surface area contributed by atoms with Crippen molar-refractivity contribution < 1.29 is 15.0 Å². The van der Waals surface area contributed by atoms with E-state index in [2.05, 4.69) is 0 Å². The molecule has 0 spiro atoms. The standard InChI is InChI=1S/C23H29NO3/c1-17(26)18-5-7-19(8-6-18)20-9-11-21(12-10-20)22(27)24(2)15-23(16-25)13-3-4-14-23/h5-12,17,25-26H,3-4,13-16H2,1-2H3. The van der Waals surface area contributed by atoms with Crippen molar-refractivity contribution in [2.24, 2.45) is 5.41 Å². The molecule has 3 rings (SSSR count). The quantitative estimate of drug-likeness (QED) is 0.810. The maximum absolute atomic E-state index is 12.8. The second-order valence-corrected chi connectivity index (χ2v) is 7.90. The molecule has 2 aromatic carbocycles. The van der Waals surface area contributed by atoms with Gasteiger partial charge in [0, 0.05) is 24.6 Å². The van der Waals surface area contributed by atoms with Crippen molar-refractivity contribution >= 4 is 5.91 Å². The first-order valence-corrected chi connectivity index (χ1v) is 9.69. The van der Waals surface area contributed by atoms with Gasteiger partial charge in [-0.3, -0.25) is 4.79 Å². The number of carbonyl (C=O) groups is 1. The maximum atomic E-state index is 12.8. The van der Waals surface area contributed by atoms with Crippen LogP contribution in [-0.4, -0.2) is 41.2 Å². The lowest BCUT2D eigenvalue weighted by Crippen LogP contribution is -2.39. The molecular weight excluding hydrogens is 338 g/mol. The van der Waals surface area contributed by atoms with E-state index in [4.69, 9.17) is 0 Å². The van der Waals surface area contributed by atoms with E-state index in [-0.39, 0.29) is 17.9 Å². The number of aliphatic hydroxyl groups excluding tert-OH is 2. The highest BCUT2D eigenvalue weighted by atomic mass is 16.3. The summed E-state index contributed by atoms with van der Waals surface area (Å²) in [5.74, 6) is -0.00858. The predicted octanol–water partition coefficient (Wildman–Crippen LogP) is 4.03. The monoisotopic (exact) mass is 367 g/mol. The third-order valence-electron chi connectivity index (χ3n) is 5.78. The molecule has 0 bridgehead atoms. The van der Waals surface area contributed by atoms with Crippen LogP contribution in [0.5, 0.6) is 0 Å². The maximum Gasteiger partial charge on any atom is 0.253 e. The zero-order valence-electron chi connectivity index (χ0n) is 16.2. The molecule has 2 aromatic rings. The molecule has 0 aliphatic heterocycles. The summed E-state index contributed by atoms with van der Waals surface area (Å²) in [6.07, 6.45) is 3.76. The number of benzene rings is 2. The third-order valence-corrected chi connectivity index (χ3v) is 5.78. The second-order valence-electron chi connectivity index (χ2n) is 7.90.